The summed E-state index contributed by atoms with van der Waals surface area (Å²) < 4.78 is 6.36. The van der Waals surface area contributed by atoms with Gasteiger partial charge in [-0.25, -0.2) is 0 Å². The van der Waals surface area contributed by atoms with Crippen molar-refractivity contribution < 1.29 is 4.74 Å². The molecule has 0 fully saturated rings. The van der Waals surface area contributed by atoms with Gasteiger partial charge in [-0.05, 0) is 66.0 Å². The second-order valence-corrected chi connectivity index (χ2v) is 6.72. The van der Waals surface area contributed by atoms with Gasteiger partial charge in [-0.3, -0.25) is 0 Å². The summed E-state index contributed by atoms with van der Waals surface area (Å²) in [6, 6.07) is 11.1. The molecule has 0 saturated heterocycles. The van der Waals surface area contributed by atoms with Crippen LogP contribution in [0.4, 0.5) is 0 Å². The lowest BCUT2D eigenvalue weighted by Gasteiger charge is -2.15. The Kier molecular flexibility index (Phi) is 6.07. The first-order valence-corrected chi connectivity index (χ1v) is 8.41. The molecule has 0 amide bonds. The van der Waals surface area contributed by atoms with Crippen LogP contribution in [0.5, 0.6) is 5.75 Å². The number of rotatable bonds is 7. The van der Waals surface area contributed by atoms with Gasteiger partial charge in [0.05, 0.1) is 7.11 Å². The SMILES string of the molecule is CNC(CCc1ccc(OC)cc1)Cc1cc(Br)cs1. The molecule has 0 aliphatic rings. The van der Waals surface area contributed by atoms with Gasteiger partial charge in [-0.1, -0.05) is 12.1 Å². The Balaban J connectivity index is 1.86. The van der Waals surface area contributed by atoms with Crippen LogP contribution in [-0.2, 0) is 12.8 Å². The van der Waals surface area contributed by atoms with Crippen LogP contribution in [0, 0.1) is 0 Å². The van der Waals surface area contributed by atoms with Crippen molar-refractivity contribution in [3.63, 3.8) is 0 Å². The standard InChI is InChI=1S/C16H20BrNOS/c1-18-14(10-16-9-13(17)11-20-16)6-3-12-4-7-15(19-2)8-5-12/h4-5,7-9,11,14,18H,3,6,10H2,1-2H3. The average molecular weight is 354 g/mol. The number of likely N-dealkylation sites (N-methyl/N-ethyl adjacent to an activating group) is 1. The van der Waals surface area contributed by atoms with E-state index in [1.165, 1.54) is 14.9 Å². The third-order valence-corrected chi connectivity index (χ3v) is 5.14. The van der Waals surface area contributed by atoms with Gasteiger partial charge in [0.1, 0.15) is 5.75 Å². The fraction of sp³-hybridized carbons (Fsp3) is 0.375. The van der Waals surface area contributed by atoms with Crippen molar-refractivity contribution in [3.05, 3.63) is 50.6 Å². The average Bonchev–Trinajstić information content (AvgIpc) is 2.89. The molecule has 0 aliphatic heterocycles. The maximum Gasteiger partial charge on any atom is 0.118 e. The smallest absolute Gasteiger partial charge is 0.118 e. The Morgan fingerprint density at radius 1 is 1.30 bits per heavy atom. The van der Waals surface area contributed by atoms with Crippen LogP contribution in [0.1, 0.15) is 16.9 Å². The number of hydrogen-bond acceptors (Lipinski definition) is 3. The van der Waals surface area contributed by atoms with E-state index in [0.717, 1.165) is 25.0 Å². The molecule has 4 heteroatoms. The third-order valence-electron chi connectivity index (χ3n) is 3.42. The van der Waals surface area contributed by atoms with Gasteiger partial charge in [0, 0.05) is 20.8 Å². The number of hydrogen-bond donors (Lipinski definition) is 1. The molecule has 2 aromatic rings. The highest BCUT2D eigenvalue weighted by atomic mass is 79.9. The van der Waals surface area contributed by atoms with Gasteiger partial charge < -0.3 is 10.1 Å². The van der Waals surface area contributed by atoms with Crippen molar-refractivity contribution in [3.8, 4) is 5.75 Å². The van der Waals surface area contributed by atoms with E-state index >= 15 is 0 Å². The zero-order valence-corrected chi connectivity index (χ0v) is 14.3. The van der Waals surface area contributed by atoms with Crippen molar-refractivity contribution >= 4 is 27.3 Å². The third kappa shape index (κ3) is 4.62. The zero-order chi connectivity index (χ0) is 14.4. The van der Waals surface area contributed by atoms with Gasteiger partial charge in [-0.15, -0.1) is 11.3 Å². The zero-order valence-electron chi connectivity index (χ0n) is 11.9. The molecular formula is C16H20BrNOS. The number of benzene rings is 1. The van der Waals surface area contributed by atoms with Crippen molar-refractivity contribution in [2.24, 2.45) is 0 Å². The van der Waals surface area contributed by atoms with E-state index in [2.05, 4.69) is 44.8 Å². The Morgan fingerprint density at radius 2 is 2.05 bits per heavy atom. The van der Waals surface area contributed by atoms with E-state index < -0.39 is 0 Å². The molecule has 2 rings (SSSR count). The molecule has 0 aliphatic carbocycles. The summed E-state index contributed by atoms with van der Waals surface area (Å²) in [4.78, 5) is 1.42. The topological polar surface area (TPSA) is 21.3 Å². The molecule has 20 heavy (non-hydrogen) atoms. The van der Waals surface area contributed by atoms with Gasteiger partial charge in [0.2, 0.25) is 0 Å². The van der Waals surface area contributed by atoms with Gasteiger partial charge in [-0.2, -0.15) is 0 Å². The van der Waals surface area contributed by atoms with E-state index in [1.54, 1.807) is 7.11 Å². The highest BCUT2D eigenvalue weighted by Crippen LogP contribution is 2.22. The van der Waals surface area contributed by atoms with Crippen LogP contribution in [0.3, 0.4) is 0 Å². The van der Waals surface area contributed by atoms with Crippen LogP contribution < -0.4 is 10.1 Å². The predicted octanol–water partition coefficient (Wildman–Crippen LogP) is 4.28. The first-order chi connectivity index (χ1) is 9.71. The van der Waals surface area contributed by atoms with Crippen LogP contribution in [0.2, 0.25) is 0 Å². The number of nitrogens with one attached hydrogen (secondary N) is 1. The number of methoxy groups -OCH3 is 1. The Labute approximate surface area is 133 Å². The molecule has 1 N–H and O–H groups in total. The molecule has 0 spiro atoms. The summed E-state index contributed by atoms with van der Waals surface area (Å²) in [7, 11) is 3.74. The highest BCUT2D eigenvalue weighted by molar-refractivity contribution is 9.10. The highest BCUT2D eigenvalue weighted by Gasteiger charge is 2.09. The van der Waals surface area contributed by atoms with Crippen LogP contribution in [-0.4, -0.2) is 20.2 Å². The van der Waals surface area contributed by atoms with Gasteiger partial charge >= 0.3 is 0 Å². The van der Waals surface area contributed by atoms with E-state index in [-0.39, 0.29) is 0 Å². The van der Waals surface area contributed by atoms with Gasteiger partial charge in [0.15, 0.2) is 0 Å². The van der Waals surface area contributed by atoms with Crippen molar-refractivity contribution in [1.82, 2.24) is 5.32 Å². The number of ether oxygens (including phenoxy) is 1. The Bertz CT molecular complexity index is 524. The van der Waals surface area contributed by atoms with E-state index in [1.807, 2.05) is 30.5 Å². The molecule has 1 aromatic heterocycles. The lowest BCUT2D eigenvalue weighted by molar-refractivity contribution is 0.414. The molecule has 108 valence electrons. The summed E-state index contributed by atoms with van der Waals surface area (Å²) in [6.07, 6.45) is 3.31. The molecule has 1 atom stereocenters. The lowest BCUT2D eigenvalue weighted by atomic mass is 10.0. The minimum atomic E-state index is 0.516. The number of halogens is 1. The largest absolute Gasteiger partial charge is 0.497 e. The molecule has 0 bridgehead atoms. The Hall–Kier alpha value is -0.840. The monoisotopic (exact) mass is 353 g/mol. The van der Waals surface area contributed by atoms with Crippen molar-refractivity contribution in [1.29, 1.82) is 0 Å². The molecular weight excluding hydrogens is 334 g/mol. The van der Waals surface area contributed by atoms with Crippen LogP contribution >= 0.6 is 27.3 Å². The summed E-state index contributed by atoms with van der Waals surface area (Å²) in [6.45, 7) is 0. The van der Waals surface area contributed by atoms with Gasteiger partial charge in [0.25, 0.3) is 0 Å². The van der Waals surface area contributed by atoms with Crippen molar-refractivity contribution in [2.45, 2.75) is 25.3 Å². The quantitative estimate of drug-likeness (QED) is 0.801. The number of thiophene rings is 1. The van der Waals surface area contributed by atoms with E-state index in [9.17, 15) is 0 Å². The van der Waals surface area contributed by atoms with Crippen LogP contribution in [0.25, 0.3) is 0 Å². The summed E-state index contributed by atoms with van der Waals surface area (Å²) in [5.74, 6) is 0.919. The van der Waals surface area contributed by atoms with Crippen LogP contribution in [0.15, 0.2) is 40.2 Å². The molecule has 0 saturated carbocycles. The fourth-order valence-electron chi connectivity index (χ4n) is 2.19. The molecule has 1 unspecified atom stereocenters. The maximum atomic E-state index is 5.18. The predicted molar refractivity (Wildman–Crippen MR) is 89.9 cm³/mol. The second kappa shape index (κ2) is 7.81. The summed E-state index contributed by atoms with van der Waals surface area (Å²) >= 11 is 5.33. The number of aryl methyl sites for hydroxylation is 1. The van der Waals surface area contributed by atoms with Crippen molar-refractivity contribution in [2.75, 3.05) is 14.2 Å². The summed E-state index contributed by atoms with van der Waals surface area (Å²) in [5.41, 5.74) is 1.36. The fourth-order valence-corrected chi connectivity index (χ4v) is 3.72. The first kappa shape index (κ1) is 15.5. The molecule has 1 aromatic carbocycles. The summed E-state index contributed by atoms with van der Waals surface area (Å²) in [5, 5.41) is 5.56. The normalized spacial score (nSPS) is 12.3. The van der Waals surface area contributed by atoms with E-state index in [4.69, 9.17) is 4.74 Å². The first-order valence-electron chi connectivity index (χ1n) is 6.74. The molecule has 2 nitrogen and oxygen atoms in total. The second-order valence-electron chi connectivity index (χ2n) is 4.81. The minimum absolute atomic E-state index is 0.516. The Morgan fingerprint density at radius 3 is 2.60 bits per heavy atom. The minimum Gasteiger partial charge on any atom is -0.497 e. The van der Waals surface area contributed by atoms with E-state index in [0.29, 0.717) is 6.04 Å². The molecule has 1 heterocycles. The molecule has 0 radical (unpaired) electrons. The maximum absolute atomic E-state index is 5.18. The lowest BCUT2D eigenvalue weighted by Crippen LogP contribution is -2.27.